The Morgan fingerprint density at radius 1 is 0.960 bits per heavy atom. The number of anilines is 2. The highest BCUT2D eigenvalue weighted by atomic mass is 19.1. The van der Waals surface area contributed by atoms with E-state index in [-0.39, 0.29) is 0 Å². The molecule has 0 aromatic heterocycles. The Balaban J connectivity index is 1.63. The second kappa shape index (κ2) is 7.09. The molecule has 0 radical (unpaired) electrons. The van der Waals surface area contributed by atoms with Gasteiger partial charge < -0.3 is 15.1 Å². The molecule has 25 heavy (non-hydrogen) atoms. The van der Waals surface area contributed by atoms with Crippen LogP contribution in [0.2, 0.25) is 0 Å². The zero-order valence-electron chi connectivity index (χ0n) is 14.4. The smallest absolute Gasteiger partial charge is 0.322 e. The van der Waals surface area contributed by atoms with Crippen LogP contribution in [0.3, 0.4) is 0 Å². The second-order valence-corrected chi connectivity index (χ2v) is 6.35. The maximum atomic E-state index is 13.7. The SMILES string of the molecule is Cc1cc(C)cc(N2CCN(C(=O)Nc3c(F)cccc3F)CC2)c1. The maximum absolute atomic E-state index is 13.7. The lowest BCUT2D eigenvalue weighted by Crippen LogP contribution is -2.50. The lowest BCUT2D eigenvalue weighted by molar-refractivity contribution is 0.208. The fraction of sp³-hybridized carbons (Fsp3) is 0.316. The predicted octanol–water partition coefficient (Wildman–Crippen LogP) is 3.94. The van der Waals surface area contributed by atoms with E-state index in [1.165, 1.54) is 17.2 Å². The van der Waals surface area contributed by atoms with Gasteiger partial charge in [-0.2, -0.15) is 0 Å². The summed E-state index contributed by atoms with van der Waals surface area (Å²) in [5.74, 6) is -1.55. The molecule has 1 heterocycles. The van der Waals surface area contributed by atoms with Crippen molar-refractivity contribution in [3.63, 3.8) is 0 Å². The average molecular weight is 345 g/mol. The van der Waals surface area contributed by atoms with Crippen LogP contribution in [0.1, 0.15) is 11.1 Å². The number of hydrogen-bond acceptors (Lipinski definition) is 2. The number of carbonyl (C=O) groups excluding carboxylic acids is 1. The number of para-hydroxylation sites is 1. The molecule has 4 nitrogen and oxygen atoms in total. The number of halogens is 2. The number of amides is 2. The molecule has 2 amide bonds. The summed E-state index contributed by atoms with van der Waals surface area (Å²) in [7, 11) is 0. The molecular formula is C19H21F2N3O. The first-order valence-corrected chi connectivity index (χ1v) is 8.27. The zero-order valence-corrected chi connectivity index (χ0v) is 14.4. The van der Waals surface area contributed by atoms with Crippen LogP contribution < -0.4 is 10.2 Å². The number of aryl methyl sites for hydroxylation is 2. The van der Waals surface area contributed by atoms with Gasteiger partial charge in [0.1, 0.15) is 17.3 Å². The number of rotatable bonds is 2. The first-order chi connectivity index (χ1) is 11.9. The summed E-state index contributed by atoms with van der Waals surface area (Å²) in [4.78, 5) is 16.1. The molecule has 2 aromatic rings. The number of urea groups is 1. The molecule has 0 bridgehead atoms. The van der Waals surface area contributed by atoms with Gasteiger partial charge in [0.2, 0.25) is 0 Å². The van der Waals surface area contributed by atoms with Crippen molar-refractivity contribution in [2.24, 2.45) is 0 Å². The van der Waals surface area contributed by atoms with Gasteiger partial charge in [-0.15, -0.1) is 0 Å². The molecule has 0 aliphatic carbocycles. The lowest BCUT2D eigenvalue weighted by Gasteiger charge is -2.36. The molecule has 132 valence electrons. The van der Waals surface area contributed by atoms with Crippen molar-refractivity contribution in [2.45, 2.75) is 13.8 Å². The Kier molecular flexibility index (Phi) is 4.88. The van der Waals surface area contributed by atoms with E-state index in [1.807, 2.05) is 0 Å². The van der Waals surface area contributed by atoms with Crippen molar-refractivity contribution in [1.82, 2.24) is 4.90 Å². The molecule has 1 aliphatic heterocycles. The van der Waals surface area contributed by atoms with Crippen LogP contribution in [-0.2, 0) is 0 Å². The van der Waals surface area contributed by atoms with Crippen LogP contribution in [0.25, 0.3) is 0 Å². The minimum atomic E-state index is -0.776. The molecule has 6 heteroatoms. The largest absolute Gasteiger partial charge is 0.368 e. The molecule has 2 aromatic carbocycles. The van der Waals surface area contributed by atoms with Crippen LogP contribution >= 0.6 is 0 Å². The van der Waals surface area contributed by atoms with E-state index in [9.17, 15) is 13.6 Å². The van der Waals surface area contributed by atoms with Crippen molar-refractivity contribution in [3.8, 4) is 0 Å². The number of nitrogens with zero attached hydrogens (tertiary/aromatic N) is 2. The van der Waals surface area contributed by atoms with E-state index in [2.05, 4.69) is 42.3 Å². The fourth-order valence-corrected chi connectivity index (χ4v) is 3.10. The summed E-state index contributed by atoms with van der Waals surface area (Å²) in [5, 5.41) is 2.34. The Hall–Kier alpha value is -2.63. The van der Waals surface area contributed by atoms with Gasteiger partial charge in [0.05, 0.1) is 0 Å². The van der Waals surface area contributed by atoms with E-state index in [1.54, 1.807) is 4.90 Å². The van der Waals surface area contributed by atoms with Gasteiger partial charge in [0, 0.05) is 31.9 Å². The second-order valence-electron chi connectivity index (χ2n) is 6.35. The Bertz CT molecular complexity index is 746. The van der Waals surface area contributed by atoms with E-state index >= 15 is 0 Å². The Labute approximate surface area is 146 Å². The van der Waals surface area contributed by atoms with Crippen molar-refractivity contribution in [1.29, 1.82) is 0 Å². The maximum Gasteiger partial charge on any atom is 0.322 e. The molecule has 0 unspecified atom stereocenters. The van der Waals surface area contributed by atoms with E-state index in [0.29, 0.717) is 26.2 Å². The number of piperazine rings is 1. The number of benzene rings is 2. The number of carbonyl (C=O) groups is 1. The van der Waals surface area contributed by atoms with Gasteiger partial charge in [0.15, 0.2) is 0 Å². The fourth-order valence-electron chi connectivity index (χ4n) is 3.10. The highest BCUT2D eigenvalue weighted by Crippen LogP contribution is 2.22. The van der Waals surface area contributed by atoms with Gasteiger partial charge in [-0.1, -0.05) is 12.1 Å². The summed E-state index contributed by atoms with van der Waals surface area (Å²) >= 11 is 0. The van der Waals surface area contributed by atoms with Gasteiger partial charge >= 0.3 is 6.03 Å². The van der Waals surface area contributed by atoms with Crippen molar-refractivity contribution in [2.75, 3.05) is 36.4 Å². The third-order valence-corrected chi connectivity index (χ3v) is 4.33. The molecule has 0 spiro atoms. The third kappa shape index (κ3) is 3.90. The highest BCUT2D eigenvalue weighted by molar-refractivity contribution is 5.89. The molecule has 0 atom stereocenters. The van der Waals surface area contributed by atoms with Crippen LogP contribution in [0.5, 0.6) is 0 Å². The molecule has 1 fully saturated rings. The normalized spacial score (nSPS) is 14.6. The molecule has 0 saturated carbocycles. The van der Waals surface area contributed by atoms with Crippen LogP contribution in [0.4, 0.5) is 25.0 Å². The zero-order chi connectivity index (χ0) is 18.0. The first-order valence-electron chi connectivity index (χ1n) is 8.27. The average Bonchev–Trinajstić information content (AvgIpc) is 2.57. The first kappa shape index (κ1) is 17.2. The van der Waals surface area contributed by atoms with Gasteiger partial charge in [0.25, 0.3) is 0 Å². The molecular weight excluding hydrogens is 324 g/mol. The molecule has 3 rings (SSSR count). The van der Waals surface area contributed by atoms with Gasteiger partial charge in [-0.05, 0) is 49.2 Å². The quantitative estimate of drug-likeness (QED) is 0.895. The lowest BCUT2D eigenvalue weighted by atomic mass is 10.1. The van der Waals surface area contributed by atoms with Crippen molar-refractivity contribution < 1.29 is 13.6 Å². The van der Waals surface area contributed by atoms with Gasteiger partial charge in [-0.25, -0.2) is 13.6 Å². The van der Waals surface area contributed by atoms with Crippen molar-refractivity contribution >= 4 is 17.4 Å². The summed E-state index contributed by atoms with van der Waals surface area (Å²) in [5.41, 5.74) is 3.14. The molecule has 1 aliphatic rings. The van der Waals surface area contributed by atoms with Crippen LogP contribution in [0, 0.1) is 25.5 Å². The Morgan fingerprint density at radius 2 is 1.52 bits per heavy atom. The molecule has 1 saturated heterocycles. The standard InChI is InChI=1S/C19H21F2N3O/c1-13-10-14(2)12-15(11-13)23-6-8-24(9-7-23)19(25)22-18-16(20)4-3-5-17(18)21/h3-5,10-12H,6-9H2,1-2H3,(H,22,25). The summed E-state index contributed by atoms with van der Waals surface area (Å²) in [6.45, 7) is 6.46. The van der Waals surface area contributed by atoms with Crippen LogP contribution in [-0.4, -0.2) is 37.1 Å². The van der Waals surface area contributed by atoms with Crippen molar-refractivity contribution in [3.05, 3.63) is 59.2 Å². The van der Waals surface area contributed by atoms with E-state index in [4.69, 9.17) is 0 Å². The number of hydrogen-bond donors (Lipinski definition) is 1. The minimum absolute atomic E-state index is 0.399. The van der Waals surface area contributed by atoms with Crippen LogP contribution in [0.15, 0.2) is 36.4 Å². The predicted molar refractivity (Wildman–Crippen MR) is 95.1 cm³/mol. The summed E-state index contributed by atoms with van der Waals surface area (Å²) < 4.78 is 27.3. The molecule has 1 N–H and O–H groups in total. The van der Waals surface area contributed by atoms with E-state index < -0.39 is 23.4 Å². The van der Waals surface area contributed by atoms with Gasteiger partial charge in [-0.3, -0.25) is 0 Å². The summed E-state index contributed by atoms with van der Waals surface area (Å²) in [6, 6.07) is 9.39. The van der Waals surface area contributed by atoms with E-state index in [0.717, 1.165) is 17.8 Å². The third-order valence-electron chi connectivity index (χ3n) is 4.33. The Morgan fingerprint density at radius 3 is 2.08 bits per heavy atom. The minimum Gasteiger partial charge on any atom is -0.368 e. The number of nitrogens with one attached hydrogen (secondary N) is 1. The monoisotopic (exact) mass is 345 g/mol. The topological polar surface area (TPSA) is 35.6 Å². The highest BCUT2D eigenvalue weighted by Gasteiger charge is 2.23. The summed E-state index contributed by atoms with van der Waals surface area (Å²) in [6.07, 6.45) is 0.